The molecular weight excluding hydrogens is 224 g/mol. The van der Waals surface area contributed by atoms with Crippen molar-refractivity contribution in [2.75, 3.05) is 5.73 Å². The van der Waals surface area contributed by atoms with Crippen LogP contribution in [-0.2, 0) is 5.41 Å². The first kappa shape index (κ1) is 12.6. The summed E-state index contributed by atoms with van der Waals surface area (Å²) >= 11 is 0. The molecule has 2 aromatic rings. The predicted octanol–water partition coefficient (Wildman–Crippen LogP) is 2.67. The smallest absolute Gasteiger partial charge is 0.129 e. The highest BCUT2D eigenvalue weighted by atomic mass is 16.3. The van der Waals surface area contributed by atoms with Gasteiger partial charge in [0, 0.05) is 17.2 Å². The number of nitrogen functional groups attached to an aromatic ring is 1. The number of aliphatic hydroxyl groups is 1. The Hall–Kier alpha value is -1.87. The normalized spacial score (nSPS) is 13.3. The number of nitrogens with zero attached hydrogens (tertiary/aromatic N) is 1. The minimum atomic E-state index is -0.686. The fraction of sp³-hybridized carbons (Fsp3) is 0.267. The van der Waals surface area contributed by atoms with E-state index in [0.29, 0.717) is 11.4 Å². The number of hydrogen-bond donors (Lipinski definition) is 2. The standard InChI is InChI=1S/C15H18N2O/c1-15(2,11-7-4-3-5-8-11)13(18)12-9-6-10-17-14(12)16/h3-10,13,18H,1-2H3,(H2,16,17). The third kappa shape index (κ3) is 2.22. The van der Waals surface area contributed by atoms with Crippen LogP contribution in [0.5, 0.6) is 0 Å². The largest absolute Gasteiger partial charge is 0.387 e. The maximum atomic E-state index is 10.6. The van der Waals surface area contributed by atoms with E-state index in [1.54, 1.807) is 12.3 Å². The fourth-order valence-electron chi connectivity index (χ4n) is 2.08. The van der Waals surface area contributed by atoms with Gasteiger partial charge in [0.05, 0.1) is 6.10 Å². The topological polar surface area (TPSA) is 59.1 Å². The van der Waals surface area contributed by atoms with Gasteiger partial charge in [0.25, 0.3) is 0 Å². The van der Waals surface area contributed by atoms with Crippen molar-refractivity contribution in [1.29, 1.82) is 0 Å². The summed E-state index contributed by atoms with van der Waals surface area (Å²) in [7, 11) is 0. The number of nitrogens with two attached hydrogens (primary N) is 1. The Kier molecular flexibility index (Phi) is 3.34. The molecule has 0 radical (unpaired) electrons. The van der Waals surface area contributed by atoms with Crippen LogP contribution in [0.4, 0.5) is 5.82 Å². The molecular formula is C15H18N2O. The zero-order valence-electron chi connectivity index (χ0n) is 10.7. The highest BCUT2D eigenvalue weighted by Crippen LogP contribution is 2.37. The van der Waals surface area contributed by atoms with Crippen molar-refractivity contribution in [3.8, 4) is 0 Å². The molecule has 0 saturated heterocycles. The summed E-state index contributed by atoms with van der Waals surface area (Å²) in [5, 5.41) is 10.6. The van der Waals surface area contributed by atoms with Gasteiger partial charge < -0.3 is 10.8 Å². The molecule has 1 atom stereocenters. The van der Waals surface area contributed by atoms with Crippen LogP contribution in [0.3, 0.4) is 0 Å². The second-order valence-electron chi connectivity index (χ2n) is 4.97. The summed E-state index contributed by atoms with van der Waals surface area (Å²) < 4.78 is 0. The van der Waals surface area contributed by atoms with Crippen molar-refractivity contribution in [3.63, 3.8) is 0 Å². The van der Waals surface area contributed by atoms with E-state index in [2.05, 4.69) is 4.98 Å². The SMILES string of the molecule is CC(C)(c1ccccc1)C(O)c1cccnc1N. The molecule has 0 aliphatic rings. The van der Waals surface area contributed by atoms with Crippen LogP contribution in [0.15, 0.2) is 48.7 Å². The summed E-state index contributed by atoms with van der Waals surface area (Å²) in [6.45, 7) is 4.00. The number of aliphatic hydroxyl groups excluding tert-OH is 1. The number of anilines is 1. The summed E-state index contributed by atoms with van der Waals surface area (Å²) in [6.07, 6.45) is 0.940. The molecule has 3 N–H and O–H groups in total. The highest BCUT2D eigenvalue weighted by Gasteiger charge is 2.32. The molecule has 1 heterocycles. The van der Waals surface area contributed by atoms with Crippen molar-refractivity contribution >= 4 is 5.82 Å². The quantitative estimate of drug-likeness (QED) is 0.870. The lowest BCUT2D eigenvalue weighted by Crippen LogP contribution is -2.27. The van der Waals surface area contributed by atoms with Gasteiger partial charge in [-0.25, -0.2) is 4.98 Å². The lowest BCUT2D eigenvalue weighted by molar-refractivity contribution is 0.101. The van der Waals surface area contributed by atoms with Crippen molar-refractivity contribution in [2.24, 2.45) is 0 Å². The minimum absolute atomic E-state index is 0.383. The zero-order chi connectivity index (χ0) is 13.2. The van der Waals surface area contributed by atoms with Gasteiger partial charge in [-0.1, -0.05) is 50.2 Å². The predicted molar refractivity (Wildman–Crippen MR) is 73.1 cm³/mol. The van der Waals surface area contributed by atoms with E-state index >= 15 is 0 Å². The molecule has 3 heteroatoms. The van der Waals surface area contributed by atoms with Gasteiger partial charge in [-0.05, 0) is 11.6 Å². The molecule has 3 nitrogen and oxygen atoms in total. The van der Waals surface area contributed by atoms with Gasteiger partial charge in [-0.2, -0.15) is 0 Å². The molecule has 0 aliphatic heterocycles. The number of hydrogen-bond acceptors (Lipinski definition) is 3. The fourth-order valence-corrected chi connectivity index (χ4v) is 2.08. The maximum absolute atomic E-state index is 10.6. The third-order valence-electron chi connectivity index (χ3n) is 3.37. The van der Waals surface area contributed by atoms with Gasteiger partial charge in [0.15, 0.2) is 0 Å². The molecule has 0 fully saturated rings. The Morgan fingerprint density at radius 1 is 1.11 bits per heavy atom. The molecule has 94 valence electrons. The second kappa shape index (κ2) is 4.78. The van der Waals surface area contributed by atoms with Crippen LogP contribution in [-0.4, -0.2) is 10.1 Å². The molecule has 1 unspecified atom stereocenters. The number of pyridine rings is 1. The molecule has 0 bridgehead atoms. The van der Waals surface area contributed by atoms with Crippen LogP contribution < -0.4 is 5.73 Å². The molecule has 0 saturated carbocycles. The van der Waals surface area contributed by atoms with Crippen molar-refractivity contribution in [2.45, 2.75) is 25.4 Å². The summed E-state index contributed by atoms with van der Waals surface area (Å²) in [5.74, 6) is 0.383. The molecule has 18 heavy (non-hydrogen) atoms. The van der Waals surface area contributed by atoms with Crippen LogP contribution in [0.2, 0.25) is 0 Å². The van der Waals surface area contributed by atoms with Crippen molar-refractivity contribution in [1.82, 2.24) is 4.98 Å². The first-order chi connectivity index (χ1) is 8.53. The van der Waals surface area contributed by atoms with E-state index in [0.717, 1.165) is 5.56 Å². The maximum Gasteiger partial charge on any atom is 0.129 e. The molecule has 0 amide bonds. The van der Waals surface area contributed by atoms with Gasteiger partial charge in [0.1, 0.15) is 5.82 Å². The molecule has 0 spiro atoms. The van der Waals surface area contributed by atoms with Crippen molar-refractivity contribution < 1.29 is 5.11 Å². The Labute approximate surface area is 107 Å². The van der Waals surface area contributed by atoms with Gasteiger partial charge in [0.2, 0.25) is 0 Å². The number of rotatable bonds is 3. The minimum Gasteiger partial charge on any atom is -0.387 e. The molecule has 1 aromatic heterocycles. The average molecular weight is 242 g/mol. The zero-order valence-corrected chi connectivity index (χ0v) is 10.7. The van der Waals surface area contributed by atoms with E-state index in [9.17, 15) is 5.11 Å². The monoisotopic (exact) mass is 242 g/mol. The van der Waals surface area contributed by atoms with Gasteiger partial charge in [-0.3, -0.25) is 0 Å². The summed E-state index contributed by atoms with van der Waals surface area (Å²) in [4.78, 5) is 4.03. The number of benzene rings is 1. The Balaban J connectivity index is 2.39. The summed E-state index contributed by atoms with van der Waals surface area (Å²) in [5.41, 5.74) is 7.15. The Bertz CT molecular complexity index is 523. The van der Waals surface area contributed by atoms with Gasteiger partial charge in [-0.15, -0.1) is 0 Å². The molecule has 2 rings (SSSR count). The van der Waals surface area contributed by atoms with Crippen LogP contribution in [0.1, 0.15) is 31.1 Å². The van der Waals surface area contributed by atoms with Crippen molar-refractivity contribution in [3.05, 3.63) is 59.8 Å². The van der Waals surface area contributed by atoms with Crippen LogP contribution in [0.25, 0.3) is 0 Å². The lowest BCUT2D eigenvalue weighted by atomic mass is 9.77. The Morgan fingerprint density at radius 3 is 2.39 bits per heavy atom. The lowest BCUT2D eigenvalue weighted by Gasteiger charge is -2.31. The third-order valence-corrected chi connectivity index (χ3v) is 3.37. The van der Waals surface area contributed by atoms with Crippen LogP contribution >= 0.6 is 0 Å². The van der Waals surface area contributed by atoms with E-state index in [4.69, 9.17) is 5.73 Å². The van der Waals surface area contributed by atoms with E-state index < -0.39 is 11.5 Å². The van der Waals surface area contributed by atoms with Crippen LogP contribution in [0, 0.1) is 0 Å². The van der Waals surface area contributed by atoms with Gasteiger partial charge >= 0.3 is 0 Å². The first-order valence-electron chi connectivity index (χ1n) is 5.97. The first-order valence-corrected chi connectivity index (χ1v) is 5.97. The Morgan fingerprint density at radius 2 is 1.78 bits per heavy atom. The molecule has 0 aliphatic carbocycles. The number of aromatic nitrogens is 1. The molecule has 1 aromatic carbocycles. The second-order valence-corrected chi connectivity index (χ2v) is 4.97. The highest BCUT2D eigenvalue weighted by molar-refractivity contribution is 5.43. The summed E-state index contributed by atoms with van der Waals surface area (Å²) in [6, 6.07) is 13.5. The van der Waals surface area contributed by atoms with E-state index in [1.807, 2.05) is 50.2 Å². The average Bonchev–Trinajstić information content (AvgIpc) is 2.39. The van der Waals surface area contributed by atoms with E-state index in [1.165, 1.54) is 0 Å². The van der Waals surface area contributed by atoms with E-state index in [-0.39, 0.29) is 0 Å².